The maximum Gasteiger partial charge on any atom is 0.297 e. The molecule has 0 amide bonds. The lowest BCUT2D eigenvalue weighted by atomic mass is 10.1. The van der Waals surface area contributed by atoms with Crippen LogP contribution in [0.4, 0.5) is 5.69 Å². The van der Waals surface area contributed by atoms with E-state index in [1.165, 1.54) is 11.1 Å². The fraction of sp³-hybridized carbons (Fsp3) is 0.452. The predicted octanol–water partition coefficient (Wildman–Crippen LogP) is 8.16. The van der Waals surface area contributed by atoms with Gasteiger partial charge in [0.05, 0.1) is 11.3 Å². The minimum absolute atomic E-state index is 0.175. The molecule has 0 aliphatic heterocycles. The highest BCUT2D eigenvalue weighted by atomic mass is 16.5. The highest BCUT2D eigenvalue weighted by Gasteiger charge is 2.21. The Kier molecular flexibility index (Phi) is 12.1. The first-order chi connectivity index (χ1) is 17.4. The molecule has 196 valence electrons. The first-order valence-electron chi connectivity index (χ1n) is 13.2. The zero-order valence-electron chi connectivity index (χ0n) is 23.1. The number of anilines is 1. The Morgan fingerprint density at radius 1 is 1.14 bits per heavy atom. The van der Waals surface area contributed by atoms with Gasteiger partial charge in [0.1, 0.15) is 6.61 Å². The van der Waals surface area contributed by atoms with Crippen LogP contribution >= 0.6 is 0 Å². The Morgan fingerprint density at radius 2 is 1.92 bits per heavy atom. The summed E-state index contributed by atoms with van der Waals surface area (Å²) < 4.78 is 13.9. The van der Waals surface area contributed by atoms with Gasteiger partial charge < -0.3 is 19.4 Å². The molecule has 0 fully saturated rings. The second-order valence-electron chi connectivity index (χ2n) is 9.26. The van der Waals surface area contributed by atoms with Gasteiger partial charge in [0, 0.05) is 30.6 Å². The van der Waals surface area contributed by atoms with E-state index in [9.17, 15) is 4.79 Å². The van der Waals surface area contributed by atoms with Gasteiger partial charge in [0.2, 0.25) is 5.75 Å². The largest absolute Gasteiger partial charge is 0.481 e. The van der Waals surface area contributed by atoms with Crippen molar-refractivity contribution < 1.29 is 9.47 Å². The zero-order valence-corrected chi connectivity index (χ0v) is 23.1. The predicted molar refractivity (Wildman–Crippen MR) is 154 cm³/mol. The third-order valence-electron chi connectivity index (χ3n) is 6.01. The van der Waals surface area contributed by atoms with E-state index in [2.05, 4.69) is 51.7 Å². The van der Waals surface area contributed by atoms with E-state index < -0.39 is 0 Å². The van der Waals surface area contributed by atoms with Crippen LogP contribution in [0.2, 0.25) is 0 Å². The number of rotatable bonds is 15. The van der Waals surface area contributed by atoms with Crippen LogP contribution in [0.3, 0.4) is 0 Å². The molecule has 0 radical (unpaired) electrons. The molecular weight excluding hydrogens is 448 g/mol. The maximum absolute atomic E-state index is 13.6. The Balaban J connectivity index is 2.50. The minimum atomic E-state index is -0.175. The summed E-state index contributed by atoms with van der Waals surface area (Å²) in [6.45, 7) is 17.8. The van der Waals surface area contributed by atoms with Gasteiger partial charge in [-0.1, -0.05) is 56.2 Å². The third kappa shape index (κ3) is 8.18. The maximum atomic E-state index is 13.6. The lowest BCUT2D eigenvalue weighted by molar-refractivity contribution is 0.321. The SMILES string of the molecule is C=CCOc1c(OC(=CC)CC)c2ccc(NC/C=C(\C)CCC=C(C)C)cc2n(CCCC)c1=O. The van der Waals surface area contributed by atoms with E-state index in [0.29, 0.717) is 12.3 Å². The number of ether oxygens (including phenoxy) is 2. The number of hydrogen-bond acceptors (Lipinski definition) is 4. The van der Waals surface area contributed by atoms with E-state index in [-0.39, 0.29) is 17.9 Å². The number of unbranched alkanes of at least 4 members (excludes halogenated alkanes) is 1. The standard InChI is InChI=1S/C31H44N2O3/c1-8-12-20-33-28-22-25(32-19-18-24(7)15-13-14-23(5)6)16-17-27(28)29(36-26(10-3)11-4)30(31(33)34)35-21-9-2/h9-10,14,16-18,22,32H,2,8,11-13,15,19-21H2,1,3-7H3/b24-18+,26-10?. The smallest absolute Gasteiger partial charge is 0.297 e. The lowest BCUT2D eigenvalue weighted by Crippen LogP contribution is -2.24. The number of allylic oxidation sites excluding steroid dienone is 5. The molecule has 0 aliphatic rings. The number of aromatic nitrogens is 1. The molecule has 0 aliphatic carbocycles. The molecule has 36 heavy (non-hydrogen) atoms. The number of benzene rings is 1. The van der Waals surface area contributed by atoms with E-state index in [4.69, 9.17) is 9.47 Å². The number of pyridine rings is 1. The molecule has 0 spiro atoms. The van der Waals surface area contributed by atoms with Crippen molar-refractivity contribution in [2.45, 2.75) is 80.2 Å². The van der Waals surface area contributed by atoms with Crippen LogP contribution in [0, 0.1) is 0 Å². The normalized spacial score (nSPS) is 11.9. The average Bonchev–Trinajstić information content (AvgIpc) is 2.86. The summed E-state index contributed by atoms with van der Waals surface area (Å²) in [4.78, 5) is 13.6. The van der Waals surface area contributed by atoms with E-state index in [1.54, 1.807) is 6.08 Å². The molecule has 5 nitrogen and oxygen atoms in total. The molecule has 2 rings (SSSR count). The summed E-state index contributed by atoms with van der Waals surface area (Å²) in [5.74, 6) is 1.50. The Labute approximate surface area is 217 Å². The molecule has 1 aromatic heterocycles. The lowest BCUT2D eigenvalue weighted by Gasteiger charge is -2.19. The van der Waals surface area contributed by atoms with Crippen LogP contribution in [-0.2, 0) is 6.54 Å². The molecule has 0 atom stereocenters. The summed E-state index contributed by atoms with van der Waals surface area (Å²) in [6, 6.07) is 6.10. The monoisotopic (exact) mass is 492 g/mol. The van der Waals surface area contributed by atoms with E-state index in [0.717, 1.165) is 61.0 Å². The molecule has 0 saturated carbocycles. The summed E-state index contributed by atoms with van der Waals surface area (Å²) in [5, 5.41) is 4.36. The third-order valence-corrected chi connectivity index (χ3v) is 6.01. The Morgan fingerprint density at radius 3 is 2.56 bits per heavy atom. The van der Waals surface area contributed by atoms with Gasteiger partial charge in [-0.25, -0.2) is 0 Å². The van der Waals surface area contributed by atoms with Crippen molar-refractivity contribution >= 4 is 16.6 Å². The number of nitrogens with one attached hydrogen (secondary N) is 1. The van der Waals surface area contributed by atoms with Gasteiger partial charge in [-0.15, -0.1) is 0 Å². The summed E-state index contributed by atoms with van der Waals surface area (Å²) in [5.41, 5.74) is 4.35. The van der Waals surface area contributed by atoms with Crippen molar-refractivity contribution in [1.29, 1.82) is 0 Å². The quantitative estimate of drug-likeness (QED) is 0.201. The van der Waals surface area contributed by atoms with Gasteiger partial charge in [-0.05, 0) is 71.2 Å². The fourth-order valence-electron chi connectivity index (χ4n) is 3.92. The highest BCUT2D eigenvalue weighted by Crippen LogP contribution is 2.36. The molecular formula is C31H44N2O3. The van der Waals surface area contributed by atoms with Gasteiger partial charge >= 0.3 is 0 Å². The number of aryl methyl sites for hydroxylation is 1. The Bertz CT molecular complexity index is 1160. The molecule has 0 bridgehead atoms. The van der Waals surface area contributed by atoms with Crippen molar-refractivity contribution in [3.8, 4) is 11.5 Å². The summed E-state index contributed by atoms with van der Waals surface area (Å²) in [6.07, 6.45) is 12.8. The van der Waals surface area contributed by atoms with Crippen molar-refractivity contribution in [1.82, 2.24) is 4.57 Å². The molecule has 1 aromatic carbocycles. The van der Waals surface area contributed by atoms with Crippen molar-refractivity contribution in [2.24, 2.45) is 0 Å². The zero-order chi connectivity index (χ0) is 26.5. The number of hydrogen-bond donors (Lipinski definition) is 1. The molecule has 2 aromatic rings. The van der Waals surface area contributed by atoms with Gasteiger partial charge in [-0.3, -0.25) is 4.79 Å². The van der Waals surface area contributed by atoms with Crippen molar-refractivity contribution in [2.75, 3.05) is 18.5 Å². The van der Waals surface area contributed by atoms with Gasteiger partial charge in [0.15, 0.2) is 5.75 Å². The van der Waals surface area contributed by atoms with Crippen molar-refractivity contribution in [3.05, 3.63) is 76.3 Å². The van der Waals surface area contributed by atoms with Crippen LogP contribution in [0.1, 0.15) is 73.6 Å². The molecule has 1 heterocycles. The first kappa shape index (κ1) is 29.0. The average molecular weight is 493 g/mol. The molecule has 5 heteroatoms. The Hall–Kier alpha value is -3.21. The van der Waals surface area contributed by atoms with Crippen LogP contribution in [0.15, 0.2) is 70.8 Å². The molecule has 1 N–H and O–H groups in total. The summed E-state index contributed by atoms with van der Waals surface area (Å²) in [7, 11) is 0. The van der Waals surface area contributed by atoms with E-state index in [1.807, 2.05) is 42.7 Å². The number of fused-ring (bicyclic) bond motifs is 1. The minimum Gasteiger partial charge on any atom is -0.481 e. The second-order valence-corrected chi connectivity index (χ2v) is 9.26. The molecule has 0 unspecified atom stereocenters. The fourth-order valence-corrected chi connectivity index (χ4v) is 3.92. The van der Waals surface area contributed by atoms with Crippen LogP contribution in [0.5, 0.6) is 11.5 Å². The number of nitrogens with zero attached hydrogens (tertiary/aromatic N) is 1. The van der Waals surface area contributed by atoms with Crippen molar-refractivity contribution in [3.63, 3.8) is 0 Å². The second kappa shape index (κ2) is 15.0. The first-order valence-corrected chi connectivity index (χ1v) is 13.2. The highest BCUT2D eigenvalue weighted by molar-refractivity contribution is 5.90. The molecule has 0 saturated heterocycles. The van der Waals surface area contributed by atoms with E-state index >= 15 is 0 Å². The topological polar surface area (TPSA) is 52.5 Å². The van der Waals surface area contributed by atoms with Crippen LogP contribution in [-0.4, -0.2) is 17.7 Å². The van der Waals surface area contributed by atoms with Gasteiger partial charge in [0.25, 0.3) is 5.56 Å². The van der Waals surface area contributed by atoms with Crippen LogP contribution in [0.25, 0.3) is 10.9 Å². The van der Waals surface area contributed by atoms with Crippen LogP contribution < -0.4 is 20.3 Å². The van der Waals surface area contributed by atoms with Gasteiger partial charge in [-0.2, -0.15) is 0 Å². The summed E-state index contributed by atoms with van der Waals surface area (Å²) >= 11 is 0.